The van der Waals surface area contributed by atoms with Crippen LogP contribution >= 0.6 is 0 Å². The van der Waals surface area contributed by atoms with Crippen LogP contribution in [-0.4, -0.2) is 25.8 Å². The van der Waals surface area contributed by atoms with Crippen LogP contribution in [0.15, 0.2) is 24.5 Å². The van der Waals surface area contributed by atoms with Crippen molar-refractivity contribution in [3.63, 3.8) is 0 Å². The molecular formula is C10H5F4N3O2. The first-order valence-corrected chi connectivity index (χ1v) is 4.81. The van der Waals surface area contributed by atoms with Gasteiger partial charge in [0.1, 0.15) is 5.56 Å². The predicted molar refractivity (Wildman–Crippen MR) is 53.3 cm³/mol. The van der Waals surface area contributed by atoms with E-state index in [1.807, 2.05) is 0 Å². The fourth-order valence-corrected chi connectivity index (χ4v) is 1.35. The molecule has 0 bridgehead atoms. The molecule has 5 nitrogen and oxygen atoms in total. The first kappa shape index (κ1) is 13.0. The fourth-order valence-electron chi connectivity index (χ4n) is 1.35. The van der Waals surface area contributed by atoms with Gasteiger partial charge in [-0.1, -0.05) is 0 Å². The number of hydrogen-bond donors (Lipinski definition) is 1. The summed E-state index contributed by atoms with van der Waals surface area (Å²) in [6.07, 6.45) is -2.86. The van der Waals surface area contributed by atoms with Crippen molar-refractivity contribution in [2.75, 3.05) is 0 Å². The summed E-state index contributed by atoms with van der Waals surface area (Å²) in [5.74, 6) is -3.42. The quantitative estimate of drug-likeness (QED) is 0.852. The number of carboxylic acids is 1. The average molecular weight is 275 g/mol. The molecule has 0 aliphatic heterocycles. The molecule has 0 amide bonds. The Morgan fingerprint density at radius 3 is 2.53 bits per heavy atom. The molecule has 0 fully saturated rings. The maximum absolute atomic E-state index is 13.7. The molecule has 0 atom stereocenters. The Hall–Kier alpha value is -2.45. The van der Waals surface area contributed by atoms with Gasteiger partial charge in [-0.15, -0.1) is 0 Å². The standard InChI is InChI=1S/C10H5F4N3O2/c11-7-5(9(18)19)1-3-15-8(7)17-4-2-6(16-17)10(12,13)14/h1-4H,(H,18,19). The second-order valence-corrected chi connectivity index (χ2v) is 3.44. The van der Waals surface area contributed by atoms with Crippen molar-refractivity contribution < 1.29 is 27.5 Å². The minimum atomic E-state index is -4.67. The molecule has 19 heavy (non-hydrogen) atoms. The number of aromatic carboxylic acids is 1. The molecule has 2 rings (SSSR count). The highest BCUT2D eigenvalue weighted by Crippen LogP contribution is 2.28. The van der Waals surface area contributed by atoms with Crippen molar-refractivity contribution in [2.24, 2.45) is 0 Å². The third-order valence-electron chi connectivity index (χ3n) is 2.20. The lowest BCUT2D eigenvalue weighted by Gasteiger charge is -2.05. The second-order valence-electron chi connectivity index (χ2n) is 3.44. The summed E-state index contributed by atoms with van der Waals surface area (Å²) in [5.41, 5.74) is -1.93. The first-order valence-electron chi connectivity index (χ1n) is 4.81. The summed E-state index contributed by atoms with van der Waals surface area (Å²) in [4.78, 5) is 14.2. The highest BCUT2D eigenvalue weighted by atomic mass is 19.4. The van der Waals surface area contributed by atoms with Gasteiger partial charge in [-0.2, -0.15) is 18.3 Å². The SMILES string of the molecule is O=C(O)c1ccnc(-n2ccc(C(F)(F)F)n2)c1F. The maximum atomic E-state index is 13.7. The van der Waals surface area contributed by atoms with Gasteiger partial charge in [0.15, 0.2) is 17.3 Å². The number of carbonyl (C=O) groups is 1. The van der Waals surface area contributed by atoms with E-state index in [0.717, 1.165) is 18.5 Å². The normalized spacial score (nSPS) is 11.6. The summed E-state index contributed by atoms with van der Waals surface area (Å²) < 4.78 is 51.3. The van der Waals surface area contributed by atoms with Crippen LogP contribution in [0.4, 0.5) is 17.6 Å². The van der Waals surface area contributed by atoms with Gasteiger partial charge in [-0.3, -0.25) is 0 Å². The number of pyridine rings is 1. The molecule has 0 spiro atoms. The number of rotatable bonds is 2. The van der Waals surface area contributed by atoms with Crippen LogP contribution < -0.4 is 0 Å². The van der Waals surface area contributed by atoms with Crippen molar-refractivity contribution in [1.82, 2.24) is 14.8 Å². The Morgan fingerprint density at radius 2 is 2.00 bits per heavy atom. The van der Waals surface area contributed by atoms with E-state index < -0.39 is 35.0 Å². The number of halogens is 4. The van der Waals surface area contributed by atoms with Crippen LogP contribution in [0.25, 0.3) is 5.82 Å². The fraction of sp³-hybridized carbons (Fsp3) is 0.100. The van der Waals surface area contributed by atoms with Crippen LogP contribution in [0, 0.1) is 5.82 Å². The summed E-state index contributed by atoms with van der Waals surface area (Å²) in [7, 11) is 0. The smallest absolute Gasteiger partial charge is 0.435 e. The van der Waals surface area contributed by atoms with Crippen molar-refractivity contribution >= 4 is 5.97 Å². The molecule has 100 valence electrons. The number of alkyl halides is 3. The Morgan fingerprint density at radius 1 is 1.32 bits per heavy atom. The third-order valence-corrected chi connectivity index (χ3v) is 2.20. The largest absolute Gasteiger partial charge is 0.478 e. The van der Waals surface area contributed by atoms with Crippen molar-refractivity contribution in [3.8, 4) is 5.82 Å². The lowest BCUT2D eigenvalue weighted by atomic mass is 10.2. The first-order chi connectivity index (χ1) is 8.80. The summed E-state index contributed by atoms with van der Waals surface area (Å²) >= 11 is 0. The van der Waals surface area contributed by atoms with Gasteiger partial charge in [0.2, 0.25) is 0 Å². The molecule has 0 saturated carbocycles. The van der Waals surface area contributed by atoms with Gasteiger partial charge in [0, 0.05) is 12.4 Å². The summed E-state index contributed by atoms with van der Waals surface area (Å²) in [6.45, 7) is 0. The van der Waals surface area contributed by atoms with E-state index >= 15 is 0 Å². The second kappa shape index (κ2) is 4.34. The van der Waals surface area contributed by atoms with E-state index in [-0.39, 0.29) is 0 Å². The van der Waals surface area contributed by atoms with E-state index in [4.69, 9.17) is 5.11 Å². The van der Waals surface area contributed by atoms with Gasteiger partial charge in [0.05, 0.1) is 0 Å². The molecule has 0 aliphatic rings. The molecule has 2 aromatic heterocycles. The highest BCUT2D eigenvalue weighted by Gasteiger charge is 2.34. The topological polar surface area (TPSA) is 68.0 Å². The van der Waals surface area contributed by atoms with Crippen LogP contribution in [0.2, 0.25) is 0 Å². The monoisotopic (exact) mass is 275 g/mol. The molecule has 2 aromatic rings. The number of hydrogen-bond acceptors (Lipinski definition) is 3. The number of aromatic nitrogens is 3. The maximum Gasteiger partial charge on any atom is 0.435 e. The van der Waals surface area contributed by atoms with Crippen LogP contribution in [0.1, 0.15) is 16.1 Å². The van der Waals surface area contributed by atoms with Gasteiger partial charge in [0.25, 0.3) is 0 Å². The molecule has 0 aliphatic carbocycles. The minimum absolute atomic E-state index is 0.532. The Kier molecular flexibility index (Phi) is 2.97. The molecular weight excluding hydrogens is 270 g/mol. The molecule has 1 N–H and O–H groups in total. The zero-order chi connectivity index (χ0) is 14.2. The van der Waals surface area contributed by atoms with E-state index in [1.54, 1.807) is 0 Å². The molecule has 0 aromatic carbocycles. The van der Waals surface area contributed by atoms with Gasteiger partial charge in [-0.25, -0.2) is 18.9 Å². The Balaban J connectivity index is 2.51. The van der Waals surface area contributed by atoms with E-state index in [2.05, 4.69) is 10.1 Å². The highest BCUT2D eigenvalue weighted by molar-refractivity contribution is 5.88. The zero-order valence-electron chi connectivity index (χ0n) is 9.02. The van der Waals surface area contributed by atoms with E-state index in [0.29, 0.717) is 10.7 Å². The third kappa shape index (κ3) is 2.39. The van der Waals surface area contributed by atoms with Crippen molar-refractivity contribution in [1.29, 1.82) is 0 Å². The zero-order valence-corrected chi connectivity index (χ0v) is 9.02. The van der Waals surface area contributed by atoms with Crippen molar-refractivity contribution in [2.45, 2.75) is 6.18 Å². The summed E-state index contributed by atoms with van der Waals surface area (Å²) in [6, 6.07) is 1.53. The van der Waals surface area contributed by atoms with Crippen LogP contribution in [0.3, 0.4) is 0 Å². The number of carboxylic acid groups (broad SMARTS) is 1. The van der Waals surface area contributed by atoms with Gasteiger partial charge in [-0.05, 0) is 12.1 Å². The average Bonchev–Trinajstić information content (AvgIpc) is 2.77. The molecule has 0 saturated heterocycles. The van der Waals surface area contributed by atoms with Gasteiger partial charge >= 0.3 is 12.1 Å². The number of nitrogens with zero attached hydrogens (tertiary/aromatic N) is 3. The Labute approximate surface area is 103 Å². The van der Waals surface area contributed by atoms with Crippen molar-refractivity contribution in [3.05, 3.63) is 41.6 Å². The van der Waals surface area contributed by atoms with E-state index in [9.17, 15) is 22.4 Å². The molecule has 2 heterocycles. The lowest BCUT2D eigenvalue weighted by Crippen LogP contribution is -2.11. The van der Waals surface area contributed by atoms with Crippen LogP contribution in [0.5, 0.6) is 0 Å². The van der Waals surface area contributed by atoms with Crippen LogP contribution in [-0.2, 0) is 6.18 Å². The molecule has 0 radical (unpaired) electrons. The predicted octanol–water partition coefficient (Wildman–Crippen LogP) is 2.12. The molecule has 0 unspecified atom stereocenters. The van der Waals surface area contributed by atoms with Gasteiger partial charge < -0.3 is 5.11 Å². The molecule has 9 heteroatoms. The Bertz CT molecular complexity index is 636. The lowest BCUT2D eigenvalue weighted by molar-refractivity contribution is -0.141. The van der Waals surface area contributed by atoms with E-state index in [1.165, 1.54) is 0 Å². The summed E-state index contributed by atoms with van der Waals surface area (Å²) in [5, 5.41) is 11.8. The minimum Gasteiger partial charge on any atom is -0.478 e.